The Bertz CT molecular complexity index is 1070. The number of piperidine rings is 1. The van der Waals surface area contributed by atoms with E-state index in [-0.39, 0.29) is 17.7 Å². The lowest BCUT2D eigenvalue weighted by molar-refractivity contribution is -0.121. The van der Waals surface area contributed by atoms with Crippen molar-refractivity contribution in [2.75, 3.05) is 18.4 Å². The summed E-state index contributed by atoms with van der Waals surface area (Å²) in [7, 11) is 0. The maximum absolute atomic E-state index is 13.0. The van der Waals surface area contributed by atoms with Crippen molar-refractivity contribution in [2.24, 2.45) is 5.92 Å². The Morgan fingerprint density at radius 2 is 2.00 bits per heavy atom. The molecule has 154 valence electrons. The van der Waals surface area contributed by atoms with Crippen molar-refractivity contribution in [3.05, 3.63) is 64.5 Å². The number of aryl methyl sites for hydroxylation is 1. The fourth-order valence-electron chi connectivity index (χ4n) is 3.61. The molecule has 0 spiro atoms. The Morgan fingerprint density at radius 3 is 2.77 bits per heavy atom. The van der Waals surface area contributed by atoms with Crippen LogP contribution in [0.5, 0.6) is 0 Å². The highest BCUT2D eigenvalue weighted by atomic mass is 79.9. The van der Waals surface area contributed by atoms with Crippen LogP contribution in [0.15, 0.2) is 53.3 Å². The number of aromatic amines is 1. The molecular formula is C22H22BrN5O2. The van der Waals surface area contributed by atoms with E-state index >= 15 is 0 Å². The first-order chi connectivity index (χ1) is 14.5. The summed E-state index contributed by atoms with van der Waals surface area (Å²) in [6.45, 7) is 3.00. The molecule has 1 aromatic carbocycles. The largest absolute Gasteiger partial charge is 0.337 e. The number of H-pyrrole nitrogens is 1. The number of likely N-dealkylation sites (tertiary alicyclic amines) is 1. The van der Waals surface area contributed by atoms with Crippen molar-refractivity contribution in [1.82, 2.24) is 20.1 Å². The van der Waals surface area contributed by atoms with Gasteiger partial charge in [-0.15, -0.1) is 0 Å². The number of benzene rings is 1. The van der Waals surface area contributed by atoms with E-state index in [1.807, 2.05) is 37.3 Å². The number of hydrogen-bond donors (Lipinski definition) is 2. The minimum Gasteiger partial charge on any atom is -0.337 e. The molecule has 2 amide bonds. The van der Waals surface area contributed by atoms with Crippen molar-refractivity contribution in [3.8, 4) is 11.3 Å². The lowest BCUT2D eigenvalue weighted by Crippen LogP contribution is -2.43. The Balaban J connectivity index is 1.42. The van der Waals surface area contributed by atoms with Gasteiger partial charge in [-0.1, -0.05) is 15.9 Å². The number of nitrogens with zero attached hydrogens (tertiary/aromatic N) is 3. The molecule has 3 aromatic rings. The van der Waals surface area contributed by atoms with Gasteiger partial charge < -0.3 is 10.2 Å². The predicted octanol–water partition coefficient (Wildman–Crippen LogP) is 4.03. The van der Waals surface area contributed by atoms with Gasteiger partial charge in [0.25, 0.3) is 5.91 Å². The normalized spacial score (nSPS) is 16.3. The van der Waals surface area contributed by atoms with Gasteiger partial charge in [0.2, 0.25) is 5.91 Å². The van der Waals surface area contributed by atoms with Crippen LogP contribution in [0.3, 0.4) is 0 Å². The third-order valence-corrected chi connectivity index (χ3v) is 6.18. The smallest absolute Gasteiger partial charge is 0.271 e. The van der Waals surface area contributed by atoms with Crippen LogP contribution >= 0.6 is 15.9 Å². The number of carbonyl (C=O) groups excluding carboxylic acids is 2. The van der Waals surface area contributed by atoms with Gasteiger partial charge in [-0.05, 0) is 61.7 Å². The first-order valence-electron chi connectivity index (χ1n) is 9.83. The molecule has 1 aliphatic rings. The zero-order valence-electron chi connectivity index (χ0n) is 16.6. The molecule has 4 rings (SSSR count). The minimum absolute atomic E-state index is 0.0590. The van der Waals surface area contributed by atoms with Crippen LogP contribution in [0, 0.1) is 12.8 Å². The highest BCUT2D eigenvalue weighted by Gasteiger charge is 2.29. The summed E-state index contributed by atoms with van der Waals surface area (Å²) in [4.78, 5) is 31.5. The van der Waals surface area contributed by atoms with E-state index in [0.29, 0.717) is 24.5 Å². The van der Waals surface area contributed by atoms with Crippen molar-refractivity contribution in [2.45, 2.75) is 19.8 Å². The molecule has 1 unspecified atom stereocenters. The zero-order valence-corrected chi connectivity index (χ0v) is 18.1. The summed E-state index contributed by atoms with van der Waals surface area (Å²) >= 11 is 3.47. The first kappa shape index (κ1) is 20.3. The summed E-state index contributed by atoms with van der Waals surface area (Å²) in [5.41, 5.74) is 3.82. The van der Waals surface area contributed by atoms with Crippen LogP contribution in [-0.4, -0.2) is 45.0 Å². The summed E-state index contributed by atoms with van der Waals surface area (Å²) in [5, 5.41) is 10.1. The van der Waals surface area contributed by atoms with E-state index in [1.54, 1.807) is 23.4 Å². The third-order valence-electron chi connectivity index (χ3n) is 5.29. The molecule has 2 aromatic heterocycles. The predicted molar refractivity (Wildman–Crippen MR) is 118 cm³/mol. The molecule has 7 nitrogen and oxygen atoms in total. The van der Waals surface area contributed by atoms with Crippen LogP contribution < -0.4 is 5.32 Å². The molecular weight excluding hydrogens is 446 g/mol. The maximum Gasteiger partial charge on any atom is 0.271 e. The molecule has 1 atom stereocenters. The molecule has 1 saturated heterocycles. The molecule has 1 fully saturated rings. The van der Waals surface area contributed by atoms with Gasteiger partial charge >= 0.3 is 0 Å². The van der Waals surface area contributed by atoms with Crippen molar-refractivity contribution in [3.63, 3.8) is 0 Å². The summed E-state index contributed by atoms with van der Waals surface area (Å²) in [5.74, 6) is -0.439. The van der Waals surface area contributed by atoms with Crippen LogP contribution in [0.2, 0.25) is 0 Å². The molecule has 8 heteroatoms. The lowest BCUT2D eigenvalue weighted by Gasteiger charge is -2.31. The van der Waals surface area contributed by atoms with E-state index < -0.39 is 0 Å². The average molecular weight is 468 g/mol. The van der Waals surface area contributed by atoms with E-state index in [1.165, 1.54) is 0 Å². The van der Waals surface area contributed by atoms with Gasteiger partial charge in [-0.2, -0.15) is 5.10 Å². The fourth-order valence-corrected chi connectivity index (χ4v) is 3.86. The molecule has 0 aliphatic carbocycles. The molecule has 0 saturated carbocycles. The number of nitrogens with one attached hydrogen (secondary N) is 2. The Kier molecular flexibility index (Phi) is 5.94. The van der Waals surface area contributed by atoms with Gasteiger partial charge in [0, 0.05) is 41.2 Å². The highest BCUT2D eigenvalue weighted by Crippen LogP contribution is 2.24. The van der Waals surface area contributed by atoms with E-state index in [9.17, 15) is 9.59 Å². The quantitative estimate of drug-likeness (QED) is 0.605. The Morgan fingerprint density at radius 1 is 1.20 bits per heavy atom. The third kappa shape index (κ3) is 4.43. The van der Waals surface area contributed by atoms with Gasteiger partial charge in [-0.25, -0.2) is 0 Å². The molecule has 1 aliphatic heterocycles. The van der Waals surface area contributed by atoms with Crippen LogP contribution in [0.25, 0.3) is 11.3 Å². The van der Waals surface area contributed by atoms with E-state index in [0.717, 1.165) is 34.1 Å². The average Bonchev–Trinajstić information content (AvgIpc) is 3.27. The minimum atomic E-state index is -0.241. The van der Waals surface area contributed by atoms with E-state index in [4.69, 9.17) is 0 Å². The Hall–Kier alpha value is -3.00. The van der Waals surface area contributed by atoms with Crippen LogP contribution in [0.4, 0.5) is 5.69 Å². The van der Waals surface area contributed by atoms with E-state index in [2.05, 4.69) is 36.4 Å². The number of rotatable bonds is 4. The summed E-state index contributed by atoms with van der Waals surface area (Å²) in [6, 6.07) is 11.1. The Labute approximate surface area is 183 Å². The zero-order chi connectivity index (χ0) is 21.1. The van der Waals surface area contributed by atoms with Crippen molar-refractivity contribution in [1.29, 1.82) is 0 Å². The van der Waals surface area contributed by atoms with Gasteiger partial charge in [0.15, 0.2) is 0 Å². The first-order valence-corrected chi connectivity index (χ1v) is 10.6. The number of pyridine rings is 1. The van der Waals surface area contributed by atoms with Crippen LogP contribution in [-0.2, 0) is 4.79 Å². The molecule has 2 N–H and O–H groups in total. The maximum atomic E-state index is 13.0. The number of hydrogen-bond acceptors (Lipinski definition) is 4. The molecule has 30 heavy (non-hydrogen) atoms. The summed E-state index contributed by atoms with van der Waals surface area (Å²) < 4.78 is 1.00. The SMILES string of the molecule is Cc1cc(NC(=O)C2CCCN(C(=O)c3cc(-c4ccncc4)n[nH]3)C2)ccc1Br. The molecule has 0 bridgehead atoms. The van der Waals surface area contributed by atoms with Gasteiger partial charge in [0.1, 0.15) is 5.69 Å². The second-order valence-electron chi connectivity index (χ2n) is 7.45. The second-order valence-corrected chi connectivity index (χ2v) is 8.30. The monoisotopic (exact) mass is 467 g/mol. The van der Waals surface area contributed by atoms with Gasteiger partial charge in [0.05, 0.1) is 11.6 Å². The highest BCUT2D eigenvalue weighted by molar-refractivity contribution is 9.10. The lowest BCUT2D eigenvalue weighted by atomic mass is 9.96. The number of carbonyl (C=O) groups is 2. The van der Waals surface area contributed by atoms with Crippen LogP contribution in [0.1, 0.15) is 28.9 Å². The fraction of sp³-hybridized carbons (Fsp3) is 0.273. The number of amides is 2. The van der Waals surface area contributed by atoms with Gasteiger partial charge in [-0.3, -0.25) is 19.7 Å². The number of anilines is 1. The topological polar surface area (TPSA) is 91.0 Å². The summed E-state index contributed by atoms with van der Waals surface area (Å²) in [6.07, 6.45) is 4.92. The number of halogens is 1. The standard InChI is InChI=1S/C22H22BrN5O2/c1-14-11-17(4-5-18(14)23)25-21(29)16-3-2-10-28(13-16)22(30)20-12-19(26-27-20)15-6-8-24-9-7-15/h4-9,11-12,16H,2-3,10,13H2,1H3,(H,25,29)(H,26,27). The molecule has 0 radical (unpaired) electrons. The van der Waals surface area contributed by atoms with Crippen molar-refractivity contribution >= 4 is 33.4 Å². The molecule has 3 heterocycles. The number of aromatic nitrogens is 3. The second kappa shape index (κ2) is 8.79. The van der Waals surface area contributed by atoms with Crippen molar-refractivity contribution < 1.29 is 9.59 Å².